The number of amides is 1. The van der Waals surface area contributed by atoms with Crippen molar-refractivity contribution in [3.05, 3.63) is 70.0 Å². The number of pyridine rings is 1. The lowest BCUT2D eigenvalue weighted by molar-refractivity contribution is 0.0943. The van der Waals surface area contributed by atoms with Crippen LogP contribution < -0.4 is 15.5 Å². The lowest BCUT2D eigenvalue weighted by atomic mass is 10.1. The Morgan fingerprint density at radius 2 is 1.84 bits per heavy atom. The highest BCUT2D eigenvalue weighted by Crippen LogP contribution is 2.20. The van der Waals surface area contributed by atoms with E-state index in [1.807, 2.05) is 26.0 Å². The highest BCUT2D eigenvalue weighted by Gasteiger charge is 2.18. The van der Waals surface area contributed by atoms with E-state index in [1.54, 1.807) is 12.1 Å². The second kappa shape index (κ2) is 10.4. The summed E-state index contributed by atoms with van der Waals surface area (Å²) in [5.41, 5.74) is 1.34. The fourth-order valence-corrected chi connectivity index (χ4v) is 4.26. The molecule has 0 radical (unpaired) electrons. The lowest BCUT2D eigenvalue weighted by Gasteiger charge is -2.10. The molecule has 0 bridgehead atoms. The molecule has 3 aromatic rings. The number of nitrogens with one attached hydrogen (secondary N) is 3. The Labute approximate surface area is 187 Å². The van der Waals surface area contributed by atoms with Crippen LogP contribution in [0, 0.1) is 0 Å². The van der Waals surface area contributed by atoms with Gasteiger partial charge in [-0.2, -0.15) is 0 Å². The number of H-pyrrole nitrogens is 1. The van der Waals surface area contributed by atoms with Crippen molar-refractivity contribution in [2.75, 3.05) is 24.5 Å². The van der Waals surface area contributed by atoms with Crippen LogP contribution in [0.4, 0.5) is 5.69 Å². The second-order valence-corrected chi connectivity index (χ2v) is 8.88. The van der Waals surface area contributed by atoms with Gasteiger partial charge in [-0.25, -0.2) is 8.42 Å². The van der Waals surface area contributed by atoms with Crippen molar-refractivity contribution in [2.45, 2.75) is 31.6 Å². The average Bonchev–Trinajstić information content (AvgIpc) is 2.79. The molecule has 1 aromatic heterocycles. The van der Waals surface area contributed by atoms with Crippen LogP contribution in [0.3, 0.4) is 0 Å². The van der Waals surface area contributed by atoms with Gasteiger partial charge in [0.2, 0.25) is 5.43 Å². The van der Waals surface area contributed by atoms with Crippen molar-refractivity contribution in [1.29, 1.82) is 0 Å². The SMILES string of the molecule is CCOCCCNC(=O)c1c[nH]c2ccc(S(=O)(=O)Nc3ccc(CC)cc3)cc2c1=O. The van der Waals surface area contributed by atoms with Gasteiger partial charge in [-0.1, -0.05) is 19.1 Å². The predicted octanol–water partition coefficient (Wildman–Crippen LogP) is 3.05. The van der Waals surface area contributed by atoms with Crippen LogP contribution >= 0.6 is 0 Å². The van der Waals surface area contributed by atoms with Crippen molar-refractivity contribution in [3.8, 4) is 0 Å². The number of carbonyl (C=O) groups is 1. The average molecular weight is 458 g/mol. The first-order valence-corrected chi connectivity index (χ1v) is 12.0. The molecule has 0 aliphatic rings. The Hall–Kier alpha value is -3.17. The van der Waals surface area contributed by atoms with E-state index in [1.165, 1.54) is 24.4 Å². The van der Waals surface area contributed by atoms with Gasteiger partial charge in [-0.3, -0.25) is 14.3 Å². The quantitative estimate of drug-likeness (QED) is 0.405. The van der Waals surface area contributed by atoms with E-state index in [4.69, 9.17) is 4.74 Å². The fraction of sp³-hybridized carbons (Fsp3) is 0.304. The topological polar surface area (TPSA) is 117 Å². The molecule has 8 nitrogen and oxygen atoms in total. The zero-order chi connectivity index (χ0) is 23.1. The van der Waals surface area contributed by atoms with Gasteiger partial charge < -0.3 is 15.0 Å². The zero-order valence-electron chi connectivity index (χ0n) is 18.1. The highest BCUT2D eigenvalue weighted by atomic mass is 32.2. The molecule has 0 saturated carbocycles. The lowest BCUT2D eigenvalue weighted by Crippen LogP contribution is -2.30. The van der Waals surface area contributed by atoms with E-state index in [0.717, 1.165) is 12.0 Å². The van der Waals surface area contributed by atoms with E-state index >= 15 is 0 Å². The van der Waals surface area contributed by atoms with Gasteiger partial charge in [0.25, 0.3) is 15.9 Å². The number of benzene rings is 2. The molecule has 1 amide bonds. The van der Waals surface area contributed by atoms with E-state index < -0.39 is 21.4 Å². The standard InChI is InChI=1S/C23H27N3O5S/c1-3-16-6-8-17(9-7-16)26-32(29,30)18-10-11-21-19(14-18)22(27)20(15-25-21)23(28)24-12-5-13-31-4-2/h6-11,14-15,26H,3-5,12-13H2,1-2H3,(H,24,28)(H,25,27). The Morgan fingerprint density at radius 3 is 2.53 bits per heavy atom. The summed E-state index contributed by atoms with van der Waals surface area (Å²) in [6, 6.07) is 11.3. The van der Waals surface area contributed by atoms with E-state index in [2.05, 4.69) is 15.0 Å². The normalized spacial score (nSPS) is 11.4. The molecule has 1 heterocycles. The van der Waals surface area contributed by atoms with Gasteiger partial charge in [-0.05, 0) is 55.7 Å². The zero-order valence-corrected chi connectivity index (χ0v) is 18.9. The van der Waals surface area contributed by atoms with Crippen LogP contribution in [-0.2, 0) is 21.2 Å². The number of fused-ring (bicyclic) bond motifs is 1. The van der Waals surface area contributed by atoms with Gasteiger partial charge in [0, 0.05) is 42.5 Å². The number of sulfonamides is 1. The Bertz CT molecular complexity index is 1250. The molecule has 0 aliphatic carbocycles. The van der Waals surface area contributed by atoms with Crippen molar-refractivity contribution in [3.63, 3.8) is 0 Å². The number of hydrogen-bond acceptors (Lipinski definition) is 5. The van der Waals surface area contributed by atoms with E-state index in [-0.39, 0.29) is 15.8 Å². The number of ether oxygens (including phenoxy) is 1. The van der Waals surface area contributed by atoms with Crippen molar-refractivity contribution >= 4 is 32.5 Å². The monoisotopic (exact) mass is 457 g/mol. The third-order valence-electron chi connectivity index (χ3n) is 4.98. The molecule has 3 rings (SSSR count). The molecule has 3 N–H and O–H groups in total. The molecule has 2 aromatic carbocycles. The van der Waals surface area contributed by atoms with Crippen LogP contribution in [0.15, 0.2) is 58.4 Å². The Kier molecular flexibility index (Phi) is 7.66. The first-order valence-electron chi connectivity index (χ1n) is 10.5. The van der Waals surface area contributed by atoms with Gasteiger partial charge >= 0.3 is 0 Å². The molecular weight excluding hydrogens is 430 g/mol. The molecule has 0 unspecified atom stereocenters. The molecule has 9 heteroatoms. The summed E-state index contributed by atoms with van der Waals surface area (Å²) in [5, 5.41) is 2.80. The van der Waals surface area contributed by atoms with Crippen LogP contribution in [0.5, 0.6) is 0 Å². The van der Waals surface area contributed by atoms with Gasteiger partial charge in [0.15, 0.2) is 0 Å². The van der Waals surface area contributed by atoms with Crippen LogP contribution in [0.25, 0.3) is 10.9 Å². The predicted molar refractivity (Wildman–Crippen MR) is 125 cm³/mol. The van der Waals surface area contributed by atoms with Gasteiger partial charge in [0.1, 0.15) is 5.56 Å². The number of aryl methyl sites for hydroxylation is 1. The molecule has 0 fully saturated rings. The van der Waals surface area contributed by atoms with Crippen molar-refractivity contribution in [1.82, 2.24) is 10.3 Å². The molecule has 32 heavy (non-hydrogen) atoms. The minimum absolute atomic E-state index is 0.0654. The van der Waals surface area contributed by atoms with E-state index in [9.17, 15) is 18.0 Å². The third-order valence-corrected chi connectivity index (χ3v) is 6.36. The molecule has 0 saturated heterocycles. The summed E-state index contributed by atoms with van der Waals surface area (Å²) in [6.45, 7) is 5.38. The number of aromatic amines is 1. The summed E-state index contributed by atoms with van der Waals surface area (Å²) in [7, 11) is -3.91. The van der Waals surface area contributed by atoms with Crippen LogP contribution in [0.1, 0.15) is 36.2 Å². The first-order chi connectivity index (χ1) is 15.4. The fourth-order valence-electron chi connectivity index (χ4n) is 3.17. The minimum Gasteiger partial charge on any atom is -0.382 e. The second-order valence-electron chi connectivity index (χ2n) is 7.20. The van der Waals surface area contributed by atoms with Crippen molar-refractivity contribution < 1.29 is 17.9 Å². The highest BCUT2D eigenvalue weighted by molar-refractivity contribution is 7.92. The van der Waals surface area contributed by atoms with Crippen LogP contribution in [0.2, 0.25) is 0 Å². The molecule has 170 valence electrons. The van der Waals surface area contributed by atoms with E-state index in [0.29, 0.717) is 37.4 Å². The minimum atomic E-state index is -3.91. The van der Waals surface area contributed by atoms with Crippen LogP contribution in [-0.4, -0.2) is 39.1 Å². The summed E-state index contributed by atoms with van der Waals surface area (Å²) >= 11 is 0. The summed E-state index contributed by atoms with van der Waals surface area (Å²) in [5.74, 6) is -0.521. The molecule has 0 aliphatic heterocycles. The van der Waals surface area contributed by atoms with Gasteiger partial charge in [0.05, 0.1) is 4.90 Å². The first kappa shape index (κ1) is 23.5. The van der Waals surface area contributed by atoms with Gasteiger partial charge in [-0.15, -0.1) is 0 Å². The summed E-state index contributed by atoms with van der Waals surface area (Å²) in [6.07, 6.45) is 2.81. The summed E-state index contributed by atoms with van der Waals surface area (Å²) < 4.78 is 33.4. The number of anilines is 1. The maximum Gasteiger partial charge on any atom is 0.261 e. The molecule has 0 atom stereocenters. The number of hydrogen-bond donors (Lipinski definition) is 3. The number of rotatable bonds is 10. The third kappa shape index (κ3) is 5.54. The maximum atomic E-state index is 12.9. The smallest absolute Gasteiger partial charge is 0.261 e. The Morgan fingerprint density at radius 1 is 1.09 bits per heavy atom. The molecule has 0 spiro atoms. The number of carbonyl (C=O) groups excluding carboxylic acids is 1. The van der Waals surface area contributed by atoms with Crippen molar-refractivity contribution in [2.24, 2.45) is 0 Å². The summed E-state index contributed by atoms with van der Waals surface area (Å²) in [4.78, 5) is 28.1. The Balaban J connectivity index is 1.84. The number of aromatic nitrogens is 1. The maximum absolute atomic E-state index is 12.9. The largest absolute Gasteiger partial charge is 0.382 e. The molecular formula is C23H27N3O5S.